The van der Waals surface area contributed by atoms with Gasteiger partial charge in [0.25, 0.3) is 20.0 Å². The minimum Gasteiger partial charge on any atom is -0.279 e. The zero-order chi connectivity index (χ0) is 46.0. The Balaban J connectivity index is 0.000000193. The topological polar surface area (TPSA) is 118 Å². The van der Waals surface area contributed by atoms with Crippen LogP contribution in [0.1, 0.15) is 5.56 Å². The van der Waals surface area contributed by atoms with Crippen molar-refractivity contribution in [3.63, 3.8) is 0 Å². The van der Waals surface area contributed by atoms with Crippen molar-refractivity contribution >= 4 is 146 Å². The molecule has 0 atom stereocenters. The maximum atomic E-state index is 12.8. The van der Waals surface area contributed by atoms with Gasteiger partial charge in [-0.15, -0.1) is 0 Å². The fourth-order valence-corrected chi connectivity index (χ4v) is 12.1. The van der Waals surface area contributed by atoms with E-state index in [0.29, 0.717) is 32.0 Å². The second kappa shape index (κ2) is 19.8. The maximum Gasteiger partial charge on any atom is 0.416 e. The quantitative estimate of drug-likeness (QED) is 0.139. The van der Waals surface area contributed by atoms with Crippen molar-refractivity contribution in [1.82, 2.24) is 9.97 Å². The number of aromatic nitrogens is 2. The molecule has 8 aromatic rings. The summed E-state index contributed by atoms with van der Waals surface area (Å²) in [6, 6.07) is 33.1. The van der Waals surface area contributed by atoms with Crippen molar-refractivity contribution in [3.05, 3.63) is 175 Å². The van der Waals surface area contributed by atoms with Crippen molar-refractivity contribution in [2.75, 3.05) is 9.44 Å². The number of benzene rings is 6. The molecule has 21 heteroatoms. The van der Waals surface area contributed by atoms with Crippen molar-refractivity contribution in [3.8, 4) is 0 Å². The second-order valence-corrected chi connectivity index (χ2v) is 21.2. The normalized spacial score (nSPS) is 11.9. The zero-order valence-corrected chi connectivity index (χ0v) is 39.6. The van der Waals surface area contributed by atoms with E-state index in [1.165, 1.54) is 59.9 Å². The predicted octanol–water partition coefficient (Wildman–Crippen LogP) is 15.3. The predicted molar refractivity (Wildman–Crippen MR) is 254 cm³/mol. The minimum atomic E-state index is -4.66. The van der Waals surface area contributed by atoms with E-state index in [0.717, 1.165) is 37.7 Å². The first-order valence-electron chi connectivity index (χ1n) is 18.0. The van der Waals surface area contributed by atoms with Crippen LogP contribution in [0.3, 0.4) is 0 Å². The Bertz CT molecular complexity index is 3270. The second-order valence-electron chi connectivity index (χ2n) is 13.3. The summed E-state index contributed by atoms with van der Waals surface area (Å²) in [4.78, 5) is 11.0. The number of rotatable bonds is 10. The minimum absolute atomic E-state index is 0.0203. The van der Waals surface area contributed by atoms with Gasteiger partial charge in [0.1, 0.15) is 9.79 Å². The van der Waals surface area contributed by atoms with E-state index in [1.807, 2.05) is 60.7 Å². The molecule has 64 heavy (non-hydrogen) atoms. The Kier molecular flexibility index (Phi) is 14.8. The van der Waals surface area contributed by atoms with E-state index in [9.17, 15) is 30.0 Å². The van der Waals surface area contributed by atoms with Crippen LogP contribution in [0.15, 0.2) is 169 Å². The highest BCUT2D eigenvalue weighted by molar-refractivity contribution is 8.00. The molecule has 2 N–H and O–H groups in total. The summed E-state index contributed by atoms with van der Waals surface area (Å²) in [5.41, 5.74) is 0.920. The number of pyridine rings is 2. The van der Waals surface area contributed by atoms with Crippen LogP contribution >= 0.6 is 93.1 Å². The van der Waals surface area contributed by atoms with Gasteiger partial charge in [0, 0.05) is 42.7 Å². The lowest BCUT2D eigenvalue weighted by atomic mass is 10.2. The molecular weight excluding hydrogens is 1030 g/mol. The highest BCUT2D eigenvalue weighted by Crippen LogP contribution is 2.43. The molecule has 0 saturated heterocycles. The number of halogens is 9. The first-order valence-corrected chi connectivity index (χ1v) is 24.8. The lowest BCUT2D eigenvalue weighted by Gasteiger charge is -2.14. The molecule has 8 rings (SSSR count). The molecule has 2 aromatic heterocycles. The molecule has 0 saturated carbocycles. The largest absolute Gasteiger partial charge is 0.416 e. The van der Waals surface area contributed by atoms with Gasteiger partial charge in [0.05, 0.1) is 58.1 Å². The summed E-state index contributed by atoms with van der Waals surface area (Å²) in [5, 5.41) is 2.45. The summed E-state index contributed by atoms with van der Waals surface area (Å²) in [7, 11) is -8.21. The highest BCUT2D eigenvalue weighted by atomic mass is 35.5. The van der Waals surface area contributed by atoms with Crippen LogP contribution in [-0.4, -0.2) is 26.8 Å². The Morgan fingerprint density at radius 1 is 0.469 bits per heavy atom. The average molecular weight is 1060 g/mol. The lowest BCUT2D eigenvalue weighted by Crippen LogP contribution is -2.14. The molecule has 0 aliphatic rings. The number of fused-ring (bicyclic) bond motifs is 2. The number of para-hydroxylation sites is 2. The SMILES string of the molecule is O=S(=O)(Nc1cc(Cl)c(Sc2cnc3ccccc3c2)c(Cl)c1)c1ccc(C(F)(F)F)cc1Cl.O=S(=O)(Nc1cc(Cl)c(Sc2cnc3ccccc3c2)c(Cl)c1)c1ccccc1Cl. The van der Waals surface area contributed by atoms with Gasteiger partial charge in [-0.25, -0.2) is 16.8 Å². The summed E-state index contributed by atoms with van der Waals surface area (Å²) >= 11 is 40.0. The maximum absolute atomic E-state index is 12.8. The van der Waals surface area contributed by atoms with Crippen LogP contribution in [-0.2, 0) is 26.2 Å². The van der Waals surface area contributed by atoms with Gasteiger partial charge in [-0.2, -0.15) is 13.2 Å². The molecule has 328 valence electrons. The van der Waals surface area contributed by atoms with Gasteiger partial charge < -0.3 is 0 Å². The van der Waals surface area contributed by atoms with Crippen molar-refractivity contribution < 1.29 is 30.0 Å². The molecule has 0 aliphatic heterocycles. The first-order chi connectivity index (χ1) is 30.3. The third kappa shape index (κ3) is 11.4. The summed E-state index contributed by atoms with van der Waals surface area (Å²) in [6.07, 6.45) is -1.25. The number of alkyl halides is 3. The number of hydrogen-bond donors (Lipinski definition) is 2. The van der Waals surface area contributed by atoms with Gasteiger partial charge >= 0.3 is 6.18 Å². The summed E-state index contributed by atoms with van der Waals surface area (Å²) in [5.74, 6) is 0. The molecule has 0 bridgehead atoms. The number of sulfonamides is 2. The van der Waals surface area contributed by atoms with Gasteiger partial charge in [-0.1, -0.05) is 142 Å². The molecule has 2 heterocycles. The molecule has 6 aromatic carbocycles. The Morgan fingerprint density at radius 2 is 0.875 bits per heavy atom. The highest BCUT2D eigenvalue weighted by Gasteiger charge is 2.32. The zero-order valence-electron chi connectivity index (χ0n) is 31.8. The number of anilines is 2. The van der Waals surface area contributed by atoms with Crippen molar-refractivity contribution in [1.29, 1.82) is 0 Å². The Labute approximate surface area is 403 Å². The Morgan fingerprint density at radius 3 is 1.30 bits per heavy atom. The number of nitrogens with zero attached hydrogens (tertiary/aromatic N) is 2. The van der Waals surface area contributed by atoms with E-state index >= 15 is 0 Å². The van der Waals surface area contributed by atoms with Crippen LogP contribution < -0.4 is 9.44 Å². The number of nitrogens with one attached hydrogen (secondary N) is 2. The molecule has 0 amide bonds. The van der Waals surface area contributed by atoms with Crippen molar-refractivity contribution in [2.45, 2.75) is 35.5 Å². The third-order valence-electron chi connectivity index (χ3n) is 8.75. The van der Waals surface area contributed by atoms with E-state index in [4.69, 9.17) is 69.6 Å². The molecular formula is C43H25Cl6F3N4O4S4. The van der Waals surface area contributed by atoms with E-state index in [-0.39, 0.29) is 31.3 Å². The van der Waals surface area contributed by atoms with Gasteiger partial charge in [-0.3, -0.25) is 19.4 Å². The smallest absolute Gasteiger partial charge is 0.279 e. The van der Waals surface area contributed by atoms with E-state index in [2.05, 4.69) is 19.4 Å². The molecule has 0 radical (unpaired) electrons. The first kappa shape index (κ1) is 47.8. The van der Waals surface area contributed by atoms with Crippen LogP contribution in [0.25, 0.3) is 21.8 Å². The van der Waals surface area contributed by atoms with Crippen LogP contribution in [0.2, 0.25) is 30.1 Å². The van der Waals surface area contributed by atoms with E-state index < -0.39 is 41.7 Å². The fourth-order valence-electron chi connectivity index (χ4n) is 5.86. The van der Waals surface area contributed by atoms with Crippen LogP contribution in [0.5, 0.6) is 0 Å². The lowest BCUT2D eigenvalue weighted by molar-refractivity contribution is -0.137. The number of hydrogen-bond acceptors (Lipinski definition) is 8. The fraction of sp³-hybridized carbons (Fsp3) is 0.0233. The van der Waals surface area contributed by atoms with Crippen LogP contribution in [0, 0.1) is 0 Å². The molecule has 0 fully saturated rings. The summed E-state index contributed by atoms with van der Waals surface area (Å²) in [6.45, 7) is 0. The van der Waals surface area contributed by atoms with Crippen molar-refractivity contribution in [2.24, 2.45) is 0 Å². The van der Waals surface area contributed by atoms with Gasteiger partial charge in [0.2, 0.25) is 0 Å². The third-order valence-corrected chi connectivity index (χ3v) is 16.3. The molecule has 0 aliphatic carbocycles. The monoisotopic (exact) mass is 1060 g/mol. The summed E-state index contributed by atoms with van der Waals surface area (Å²) < 4.78 is 94.0. The van der Waals surface area contributed by atoms with Gasteiger partial charge in [-0.05, 0) is 78.9 Å². The Hall–Kier alpha value is -4.13. The molecule has 0 spiro atoms. The standard InChI is InChI=1S/C22H12Cl3F3N2O2S2.C21H13Cl3N2O2S2/c23-16-8-13(22(26,27)28)5-6-20(16)34(31,32)30-14-9-17(24)21(18(25)10-14)33-15-7-12-3-1-2-4-19(12)29-11-15;22-16-6-2-4-8-20(16)30(27,28)26-14-10-17(23)21(18(24)11-14)29-15-9-13-5-1-3-7-19(13)25-12-15/h1-11,30H;1-12,26H. The average Bonchev–Trinajstić information content (AvgIpc) is 3.23. The molecule has 8 nitrogen and oxygen atoms in total. The van der Waals surface area contributed by atoms with Crippen LogP contribution in [0.4, 0.5) is 24.5 Å². The van der Waals surface area contributed by atoms with Gasteiger partial charge in [0.15, 0.2) is 0 Å². The molecule has 0 unspecified atom stereocenters. The van der Waals surface area contributed by atoms with E-state index in [1.54, 1.807) is 24.5 Å².